The number of likely N-dealkylation sites (N-methyl/N-ethyl adjacent to an activating group) is 1. The van der Waals surface area contributed by atoms with E-state index in [4.69, 9.17) is 0 Å². The van der Waals surface area contributed by atoms with Crippen molar-refractivity contribution in [1.29, 1.82) is 0 Å². The van der Waals surface area contributed by atoms with Crippen LogP contribution in [0.15, 0.2) is 16.8 Å². The molecule has 0 radical (unpaired) electrons. The van der Waals surface area contributed by atoms with E-state index in [1.807, 2.05) is 11.9 Å². The van der Waals surface area contributed by atoms with E-state index in [2.05, 4.69) is 34.0 Å². The number of nitrogens with zero attached hydrogens (tertiary/aromatic N) is 2. The number of hydrogen-bond donors (Lipinski definition) is 1. The van der Waals surface area contributed by atoms with E-state index in [-0.39, 0.29) is 5.91 Å². The standard InChI is InChI=1S/C16H27N3OS/c1-3-9-19(15-4-7-17-8-5-15)12-16(20)18(2)11-14-6-10-21-13-14/h6,10,13,15,17H,3-5,7-9,11-12H2,1-2H3. The average Bonchev–Trinajstić information content (AvgIpc) is 3.00. The van der Waals surface area contributed by atoms with Gasteiger partial charge in [0.15, 0.2) is 0 Å². The van der Waals surface area contributed by atoms with Crippen molar-refractivity contribution in [3.8, 4) is 0 Å². The van der Waals surface area contributed by atoms with Gasteiger partial charge in [-0.15, -0.1) is 0 Å². The molecule has 1 amide bonds. The van der Waals surface area contributed by atoms with Crippen LogP contribution in [0.2, 0.25) is 0 Å². The Morgan fingerprint density at radius 3 is 2.81 bits per heavy atom. The first-order chi connectivity index (χ1) is 10.2. The van der Waals surface area contributed by atoms with Crippen molar-refractivity contribution < 1.29 is 4.79 Å². The van der Waals surface area contributed by atoms with Gasteiger partial charge >= 0.3 is 0 Å². The highest BCUT2D eigenvalue weighted by Crippen LogP contribution is 2.14. The molecule has 5 heteroatoms. The van der Waals surface area contributed by atoms with Gasteiger partial charge < -0.3 is 10.2 Å². The molecule has 0 spiro atoms. The average molecular weight is 309 g/mol. The van der Waals surface area contributed by atoms with E-state index in [1.165, 1.54) is 5.56 Å². The van der Waals surface area contributed by atoms with Crippen molar-refractivity contribution in [2.24, 2.45) is 0 Å². The van der Waals surface area contributed by atoms with E-state index >= 15 is 0 Å². The first-order valence-corrected chi connectivity index (χ1v) is 8.84. The molecule has 21 heavy (non-hydrogen) atoms. The molecule has 1 N–H and O–H groups in total. The number of carbonyl (C=O) groups excluding carboxylic acids is 1. The summed E-state index contributed by atoms with van der Waals surface area (Å²) in [5.41, 5.74) is 1.22. The van der Waals surface area contributed by atoms with E-state index in [0.717, 1.165) is 38.9 Å². The Kier molecular flexibility index (Phi) is 6.67. The maximum atomic E-state index is 12.5. The maximum absolute atomic E-state index is 12.5. The monoisotopic (exact) mass is 309 g/mol. The molecule has 0 bridgehead atoms. The fraction of sp³-hybridized carbons (Fsp3) is 0.688. The van der Waals surface area contributed by atoms with E-state index in [9.17, 15) is 4.79 Å². The van der Waals surface area contributed by atoms with Gasteiger partial charge in [0.05, 0.1) is 6.54 Å². The lowest BCUT2D eigenvalue weighted by molar-refractivity contribution is -0.132. The molecule has 4 nitrogen and oxygen atoms in total. The van der Waals surface area contributed by atoms with E-state index in [0.29, 0.717) is 19.1 Å². The summed E-state index contributed by atoms with van der Waals surface area (Å²) < 4.78 is 0. The third-order valence-electron chi connectivity index (χ3n) is 4.10. The van der Waals surface area contributed by atoms with Crippen LogP contribution in [0.4, 0.5) is 0 Å². The van der Waals surface area contributed by atoms with Crippen LogP contribution in [0.1, 0.15) is 31.7 Å². The lowest BCUT2D eigenvalue weighted by atomic mass is 10.0. The van der Waals surface area contributed by atoms with Crippen LogP contribution in [0.25, 0.3) is 0 Å². The fourth-order valence-electron chi connectivity index (χ4n) is 2.89. The number of carbonyl (C=O) groups is 1. The quantitative estimate of drug-likeness (QED) is 0.838. The van der Waals surface area contributed by atoms with Gasteiger partial charge in [-0.05, 0) is 61.3 Å². The molecule has 0 atom stereocenters. The maximum Gasteiger partial charge on any atom is 0.236 e. The van der Waals surface area contributed by atoms with E-state index < -0.39 is 0 Å². The molecule has 1 aromatic rings. The van der Waals surface area contributed by atoms with Gasteiger partial charge in [0, 0.05) is 19.6 Å². The minimum Gasteiger partial charge on any atom is -0.340 e. The van der Waals surface area contributed by atoms with Gasteiger partial charge in [-0.2, -0.15) is 11.3 Å². The summed E-state index contributed by atoms with van der Waals surface area (Å²) in [5, 5.41) is 7.57. The van der Waals surface area contributed by atoms with Crippen molar-refractivity contribution in [3.05, 3.63) is 22.4 Å². The Bertz CT molecular complexity index is 415. The third kappa shape index (κ3) is 5.09. The number of rotatable bonds is 7. The predicted octanol–water partition coefficient (Wildman–Crippen LogP) is 2.17. The molecule has 2 rings (SSSR count). The Balaban J connectivity index is 1.87. The zero-order chi connectivity index (χ0) is 15.1. The number of amides is 1. The van der Waals surface area contributed by atoms with Crippen LogP contribution >= 0.6 is 11.3 Å². The molecule has 2 heterocycles. The number of nitrogens with one attached hydrogen (secondary N) is 1. The minimum absolute atomic E-state index is 0.230. The van der Waals surface area contributed by atoms with Crippen LogP contribution in [0.5, 0.6) is 0 Å². The molecule has 0 aromatic carbocycles. The van der Waals surface area contributed by atoms with Gasteiger partial charge in [-0.3, -0.25) is 9.69 Å². The SMILES string of the molecule is CCCN(CC(=O)N(C)Cc1ccsc1)C1CCNCC1. The summed E-state index contributed by atoms with van der Waals surface area (Å²) in [5.74, 6) is 0.230. The Hall–Kier alpha value is -0.910. The van der Waals surface area contributed by atoms with E-state index in [1.54, 1.807) is 11.3 Å². The molecule has 118 valence electrons. The Morgan fingerprint density at radius 2 is 2.19 bits per heavy atom. The highest BCUT2D eigenvalue weighted by atomic mass is 32.1. The Labute approximate surface area is 132 Å². The fourth-order valence-corrected chi connectivity index (χ4v) is 3.55. The molecular weight excluding hydrogens is 282 g/mol. The van der Waals surface area contributed by atoms with Gasteiger partial charge in [0.25, 0.3) is 0 Å². The van der Waals surface area contributed by atoms with Gasteiger partial charge in [-0.1, -0.05) is 6.92 Å². The second-order valence-electron chi connectivity index (χ2n) is 5.83. The predicted molar refractivity (Wildman–Crippen MR) is 88.5 cm³/mol. The lowest BCUT2D eigenvalue weighted by Gasteiger charge is -2.35. The second-order valence-corrected chi connectivity index (χ2v) is 6.61. The zero-order valence-corrected chi connectivity index (χ0v) is 14.0. The lowest BCUT2D eigenvalue weighted by Crippen LogP contribution is -2.47. The van der Waals surface area contributed by atoms with Crippen LogP contribution < -0.4 is 5.32 Å². The number of thiophene rings is 1. The summed E-state index contributed by atoms with van der Waals surface area (Å²) in [7, 11) is 1.91. The summed E-state index contributed by atoms with van der Waals surface area (Å²) in [6.07, 6.45) is 3.41. The highest BCUT2D eigenvalue weighted by molar-refractivity contribution is 7.07. The van der Waals surface area contributed by atoms with Gasteiger partial charge in [-0.25, -0.2) is 0 Å². The molecule has 1 aromatic heterocycles. The summed E-state index contributed by atoms with van der Waals surface area (Å²) in [6, 6.07) is 2.65. The zero-order valence-electron chi connectivity index (χ0n) is 13.2. The molecule has 0 saturated carbocycles. The van der Waals surface area contributed by atoms with Gasteiger partial charge in [0.1, 0.15) is 0 Å². The number of hydrogen-bond acceptors (Lipinski definition) is 4. The first-order valence-electron chi connectivity index (χ1n) is 7.90. The molecular formula is C16H27N3OS. The van der Waals surface area contributed by atoms with Crippen molar-refractivity contribution in [2.75, 3.05) is 33.2 Å². The van der Waals surface area contributed by atoms with Crippen molar-refractivity contribution in [1.82, 2.24) is 15.1 Å². The van der Waals surface area contributed by atoms with Crippen LogP contribution in [-0.2, 0) is 11.3 Å². The molecule has 1 saturated heterocycles. The molecule has 1 aliphatic heterocycles. The minimum atomic E-state index is 0.230. The summed E-state index contributed by atoms with van der Waals surface area (Å²) in [4.78, 5) is 16.7. The molecule has 1 aliphatic rings. The largest absolute Gasteiger partial charge is 0.340 e. The normalized spacial score (nSPS) is 16.3. The molecule has 1 fully saturated rings. The Morgan fingerprint density at radius 1 is 1.43 bits per heavy atom. The smallest absolute Gasteiger partial charge is 0.236 e. The van der Waals surface area contributed by atoms with Crippen LogP contribution in [-0.4, -0.2) is 55.0 Å². The second kappa shape index (κ2) is 8.51. The van der Waals surface area contributed by atoms with Crippen molar-refractivity contribution >= 4 is 17.2 Å². The van der Waals surface area contributed by atoms with Crippen LogP contribution in [0.3, 0.4) is 0 Å². The molecule has 0 aliphatic carbocycles. The number of piperidine rings is 1. The highest BCUT2D eigenvalue weighted by Gasteiger charge is 2.23. The van der Waals surface area contributed by atoms with Crippen LogP contribution in [0, 0.1) is 0 Å². The van der Waals surface area contributed by atoms with Gasteiger partial charge in [0.2, 0.25) is 5.91 Å². The third-order valence-corrected chi connectivity index (χ3v) is 4.83. The van der Waals surface area contributed by atoms with Crippen molar-refractivity contribution in [2.45, 2.75) is 38.8 Å². The molecule has 0 unspecified atom stereocenters. The van der Waals surface area contributed by atoms with Crippen molar-refractivity contribution in [3.63, 3.8) is 0 Å². The first kappa shape index (κ1) is 16.5. The summed E-state index contributed by atoms with van der Waals surface area (Å²) >= 11 is 1.68. The topological polar surface area (TPSA) is 35.6 Å². The summed E-state index contributed by atoms with van der Waals surface area (Å²) in [6.45, 7) is 6.62.